The molecule has 8 heteroatoms. The van der Waals surface area contributed by atoms with Gasteiger partial charge < -0.3 is 15.5 Å². The Morgan fingerprint density at radius 3 is 2.26 bits per heavy atom. The highest BCUT2D eigenvalue weighted by atomic mass is 32.2. The van der Waals surface area contributed by atoms with Crippen molar-refractivity contribution < 1.29 is 13.2 Å². The fourth-order valence-electron chi connectivity index (χ4n) is 4.62. The van der Waals surface area contributed by atoms with Gasteiger partial charge in [-0.2, -0.15) is 0 Å². The molecular weight excluding hydrogens is 448 g/mol. The number of anilines is 2. The second-order valence-electron chi connectivity index (χ2n) is 10.3. The third-order valence-corrected chi connectivity index (χ3v) is 8.06. The van der Waals surface area contributed by atoms with E-state index in [1.54, 1.807) is 24.3 Å². The molecule has 0 aromatic heterocycles. The van der Waals surface area contributed by atoms with Gasteiger partial charge in [0.15, 0.2) is 0 Å². The van der Waals surface area contributed by atoms with E-state index in [0.717, 1.165) is 63.1 Å². The molecule has 1 saturated carbocycles. The van der Waals surface area contributed by atoms with Crippen LogP contribution in [0.15, 0.2) is 47.4 Å². The number of piperazine rings is 1. The van der Waals surface area contributed by atoms with Gasteiger partial charge in [0, 0.05) is 37.8 Å². The highest BCUT2D eigenvalue weighted by Gasteiger charge is 2.23. The second-order valence-corrected chi connectivity index (χ2v) is 12.0. The number of carbonyl (C=O) groups excluding carboxylic acids is 1. The summed E-state index contributed by atoms with van der Waals surface area (Å²) in [5.41, 5.74) is 2.69. The summed E-state index contributed by atoms with van der Waals surface area (Å²) in [5, 5.41) is 6.42. The maximum absolute atomic E-state index is 13.3. The first kappa shape index (κ1) is 24.5. The molecule has 34 heavy (non-hydrogen) atoms. The van der Waals surface area contributed by atoms with E-state index >= 15 is 0 Å². The summed E-state index contributed by atoms with van der Waals surface area (Å²) in [6, 6.07) is 12.5. The van der Waals surface area contributed by atoms with E-state index in [2.05, 4.69) is 41.0 Å². The van der Waals surface area contributed by atoms with Crippen LogP contribution in [0.1, 0.15) is 62.4 Å². The fourth-order valence-corrected chi connectivity index (χ4v) is 5.68. The zero-order chi connectivity index (χ0) is 24.3. The minimum Gasteiger partial charge on any atom is -0.367 e. The molecule has 2 fully saturated rings. The molecule has 2 aromatic rings. The highest BCUT2D eigenvalue weighted by Crippen LogP contribution is 2.31. The molecule has 0 atom stereocenters. The minimum atomic E-state index is -3.83. The number of rotatable bonds is 6. The molecule has 2 aromatic carbocycles. The van der Waals surface area contributed by atoms with Crippen molar-refractivity contribution in [2.45, 2.75) is 62.8 Å². The predicted octanol–water partition coefficient (Wildman–Crippen LogP) is 3.87. The summed E-state index contributed by atoms with van der Waals surface area (Å²) >= 11 is 0. The van der Waals surface area contributed by atoms with E-state index in [0.29, 0.717) is 11.3 Å². The van der Waals surface area contributed by atoms with Crippen LogP contribution < -0.4 is 20.3 Å². The Hall–Kier alpha value is -2.58. The van der Waals surface area contributed by atoms with E-state index in [-0.39, 0.29) is 22.3 Å². The predicted molar refractivity (Wildman–Crippen MR) is 137 cm³/mol. The van der Waals surface area contributed by atoms with E-state index in [9.17, 15) is 13.2 Å². The lowest BCUT2D eigenvalue weighted by Crippen LogP contribution is -2.43. The molecule has 0 spiro atoms. The van der Waals surface area contributed by atoms with Crippen LogP contribution in [0.3, 0.4) is 0 Å². The monoisotopic (exact) mass is 484 g/mol. The van der Waals surface area contributed by atoms with Crippen molar-refractivity contribution in [1.82, 2.24) is 10.6 Å². The zero-order valence-corrected chi connectivity index (χ0v) is 21.2. The Kier molecular flexibility index (Phi) is 7.19. The van der Waals surface area contributed by atoms with Crippen molar-refractivity contribution in [1.29, 1.82) is 0 Å². The van der Waals surface area contributed by atoms with Crippen molar-refractivity contribution in [3.8, 4) is 0 Å². The number of hydrogen-bond acceptors (Lipinski definition) is 5. The number of carbonyl (C=O) groups is 1. The van der Waals surface area contributed by atoms with Gasteiger partial charge in [0.25, 0.3) is 15.9 Å². The van der Waals surface area contributed by atoms with Crippen LogP contribution in [-0.2, 0) is 15.4 Å². The molecule has 184 valence electrons. The molecule has 0 radical (unpaired) electrons. The van der Waals surface area contributed by atoms with Crippen LogP contribution in [0.5, 0.6) is 0 Å². The molecule has 7 nitrogen and oxygen atoms in total. The smallest absolute Gasteiger partial charge is 0.261 e. The number of amides is 1. The summed E-state index contributed by atoms with van der Waals surface area (Å²) in [6.45, 7) is 9.46. The topological polar surface area (TPSA) is 90.5 Å². The van der Waals surface area contributed by atoms with Crippen LogP contribution >= 0.6 is 0 Å². The maximum Gasteiger partial charge on any atom is 0.261 e. The molecule has 3 N–H and O–H groups in total. The van der Waals surface area contributed by atoms with Crippen molar-refractivity contribution in [3.63, 3.8) is 0 Å². The van der Waals surface area contributed by atoms with E-state index in [1.807, 2.05) is 18.2 Å². The summed E-state index contributed by atoms with van der Waals surface area (Å²) in [7, 11) is -3.83. The fraction of sp³-hybridized carbons (Fsp3) is 0.500. The van der Waals surface area contributed by atoms with Crippen LogP contribution in [0, 0.1) is 0 Å². The molecule has 1 amide bonds. The zero-order valence-electron chi connectivity index (χ0n) is 20.4. The lowest BCUT2D eigenvalue weighted by Gasteiger charge is -2.31. The average Bonchev–Trinajstić information content (AvgIpc) is 3.32. The average molecular weight is 485 g/mol. The van der Waals surface area contributed by atoms with Crippen LogP contribution in [0.2, 0.25) is 0 Å². The molecule has 2 aliphatic rings. The van der Waals surface area contributed by atoms with Gasteiger partial charge in [0.2, 0.25) is 0 Å². The number of hydrogen-bond donors (Lipinski definition) is 3. The van der Waals surface area contributed by atoms with Gasteiger partial charge in [-0.15, -0.1) is 0 Å². The summed E-state index contributed by atoms with van der Waals surface area (Å²) in [5.74, 6) is -0.159. The van der Waals surface area contributed by atoms with Crippen LogP contribution in [-0.4, -0.2) is 46.5 Å². The lowest BCUT2D eigenvalue weighted by atomic mass is 9.87. The normalized spacial score (nSPS) is 17.6. The van der Waals surface area contributed by atoms with Crippen molar-refractivity contribution in [2.75, 3.05) is 35.8 Å². The largest absolute Gasteiger partial charge is 0.367 e. The third-order valence-electron chi connectivity index (χ3n) is 6.68. The second kappa shape index (κ2) is 9.96. The number of nitrogens with one attached hydrogen (secondary N) is 3. The summed E-state index contributed by atoms with van der Waals surface area (Å²) < 4.78 is 29.4. The third kappa shape index (κ3) is 5.73. The summed E-state index contributed by atoms with van der Waals surface area (Å²) in [4.78, 5) is 15.2. The SMILES string of the molecule is CC(C)(C)c1ccc(S(=O)(=O)Nc2cc(C(=O)NC3CCCC3)ccc2N2CCNCC2)cc1. The molecule has 0 bridgehead atoms. The minimum absolute atomic E-state index is 0.0633. The van der Waals surface area contributed by atoms with Gasteiger partial charge >= 0.3 is 0 Å². The first-order chi connectivity index (χ1) is 16.1. The van der Waals surface area contributed by atoms with Gasteiger partial charge in [-0.3, -0.25) is 9.52 Å². The lowest BCUT2D eigenvalue weighted by molar-refractivity contribution is 0.0938. The van der Waals surface area contributed by atoms with E-state index in [4.69, 9.17) is 0 Å². The number of benzene rings is 2. The number of nitrogens with zero attached hydrogens (tertiary/aromatic N) is 1. The first-order valence-electron chi connectivity index (χ1n) is 12.2. The molecule has 1 heterocycles. The van der Waals surface area contributed by atoms with Crippen LogP contribution in [0.25, 0.3) is 0 Å². The van der Waals surface area contributed by atoms with E-state index < -0.39 is 10.0 Å². The maximum atomic E-state index is 13.3. The van der Waals surface area contributed by atoms with Crippen molar-refractivity contribution in [3.05, 3.63) is 53.6 Å². The van der Waals surface area contributed by atoms with Gasteiger partial charge in [-0.25, -0.2) is 8.42 Å². The Morgan fingerprint density at radius 1 is 1.00 bits per heavy atom. The van der Waals surface area contributed by atoms with Crippen molar-refractivity contribution in [2.24, 2.45) is 0 Å². The van der Waals surface area contributed by atoms with Crippen LogP contribution in [0.4, 0.5) is 11.4 Å². The molecule has 4 rings (SSSR count). The molecule has 1 saturated heterocycles. The van der Waals surface area contributed by atoms with Gasteiger partial charge in [-0.05, 0) is 54.2 Å². The Balaban J connectivity index is 1.63. The Labute approximate surface area is 203 Å². The van der Waals surface area contributed by atoms with Gasteiger partial charge in [0.1, 0.15) is 0 Å². The molecule has 1 aliphatic carbocycles. The molecular formula is C26H36N4O3S. The van der Waals surface area contributed by atoms with E-state index in [1.165, 1.54) is 0 Å². The highest BCUT2D eigenvalue weighted by molar-refractivity contribution is 7.92. The number of sulfonamides is 1. The molecule has 1 aliphatic heterocycles. The van der Waals surface area contributed by atoms with Gasteiger partial charge in [0.05, 0.1) is 16.3 Å². The van der Waals surface area contributed by atoms with Gasteiger partial charge in [-0.1, -0.05) is 45.7 Å². The summed E-state index contributed by atoms with van der Waals surface area (Å²) in [6.07, 6.45) is 4.25. The molecule has 0 unspecified atom stereocenters. The Morgan fingerprint density at radius 2 is 1.65 bits per heavy atom. The quantitative estimate of drug-likeness (QED) is 0.579. The first-order valence-corrected chi connectivity index (χ1v) is 13.7. The van der Waals surface area contributed by atoms with Crippen molar-refractivity contribution >= 4 is 27.3 Å². The Bertz CT molecular complexity index is 1110. The standard InChI is InChI=1S/C26H36N4O3S/c1-26(2,3)20-9-11-22(12-10-20)34(32,33)29-23-18-19(25(31)28-21-6-4-5-7-21)8-13-24(23)30-16-14-27-15-17-30/h8-13,18,21,27,29H,4-7,14-17H2,1-3H3,(H,28,31).